The van der Waals surface area contributed by atoms with Gasteiger partial charge in [-0.3, -0.25) is 0 Å². The van der Waals surface area contributed by atoms with Crippen molar-refractivity contribution in [1.29, 1.82) is 0 Å². The van der Waals surface area contributed by atoms with Gasteiger partial charge in [-0.25, -0.2) is 5.84 Å². The molecule has 1 atom stereocenters. The molecule has 0 bridgehead atoms. The lowest BCUT2D eigenvalue weighted by molar-refractivity contribution is -0.146. The molecule has 1 rings (SSSR count). The Balaban J connectivity index is 2.44. The van der Waals surface area contributed by atoms with Gasteiger partial charge in [0.25, 0.3) is 0 Å². The molecule has 4 heteroatoms. The van der Waals surface area contributed by atoms with Gasteiger partial charge in [-0.1, -0.05) is 5.17 Å². The molecule has 0 saturated heterocycles. The molecule has 0 fully saturated rings. The normalized spacial score (nSPS) is 30.0. The Morgan fingerprint density at radius 2 is 2.50 bits per heavy atom. The molecule has 0 amide bonds. The molecule has 4 N–H and O–H groups in total. The summed E-state index contributed by atoms with van der Waals surface area (Å²) >= 11 is 0. The molecule has 1 heterocycles. The van der Waals surface area contributed by atoms with Crippen LogP contribution in [0.3, 0.4) is 0 Å². The van der Waals surface area contributed by atoms with Crippen LogP contribution < -0.4 is 11.6 Å². The van der Waals surface area contributed by atoms with Crippen LogP contribution in [0.4, 0.5) is 0 Å². The zero-order chi connectivity index (χ0) is 5.98. The third-order valence-corrected chi connectivity index (χ3v) is 0.983. The second kappa shape index (κ2) is 2.13. The van der Waals surface area contributed by atoms with E-state index < -0.39 is 0 Å². The lowest BCUT2D eigenvalue weighted by Gasteiger charge is -2.23. The van der Waals surface area contributed by atoms with Crippen LogP contribution in [-0.4, -0.2) is 11.3 Å². The summed E-state index contributed by atoms with van der Waals surface area (Å²) in [4.78, 5) is 4.70. The van der Waals surface area contributed by atoms with Gasteiger partial charge in [0.1, 0.15) is 12.4 Å². The van der Waals surface area contributed by atoms with E-state index in [1.165, 1.54) is 6.26 Å². The maximum absolute atomic E-state index is 5.40. The second-order valence-electron chi connectivity index (χ2n) is 1.64. The van der Waals surface area contributed by atoms with Crippen LogP contribution in [-0.2, 0) is 4.84 Å². The number of nitrogens with zero attached hydrogens (tertiary/aromatic N) is 1. The maximum Gasteiger partial charge on any atom is 0.112 e. The maximum atomic E-state index is 5.40. The molecule has 0 radical (unpaired) electrons. The minimum atomic E-state index is -0.194. The van der Waals surface area contributed by atoms with Crippen molar-refractivity contribution in [2.24, 2.45) is 11.6 Å². The largest absolute Gasteiger partial charge is 0.398 e. The van der Waals surface area contributed by atoms with E-state index in [2.05, 4.69) is 0 Å². The van der Waals surface area contributed by atoms with Crippen molar-refractivity contribution in [2.45, 2.75) is 12.6 Å². The van der Waals surface area contributed by atoms with Gasteiger partial charge in [0.15, 0.2) is 0 Å². The molecular formula is C4H9N3O. The van der Waals surface area contributed by atoms with Crippen molar-refractivity contribution in [1.82, 2.24) is 5.17 Å². The number of hydrogen-bond donors (Lipinski definition) is 2. The number of rotatable bonds is 0. The first kappa shape index (κ1) is 5.55. The molecule has 0 spiro atoms. The molecular weight excluding hydrogens is 106 g/mol. The first-order chi connectivity index (χ1) is 3.80. The van der Waals surface area contributed by atoms with Crippen molar-refractivity contribution in [3.05, 3.63) is 12.3 Å². The van der Waals surface area contributed by atoms with Crippen LogP contribution >= 0.6 is 0 Å². The fourth-order valence-corrected chi connectivity index (χ4v) is 0.490. The predicted molar refractivity (Wildman–Crippen MR) is 28.8 cm³/mol. The number of hydrazine groups is 1. The molecule has 0 aromatic heterocycles. The summed E-state index contributed by atoms with van der Waals surface area (Å²) in [5.41, 5.74) is 5.40. The monoisotopic (exact) mass is 115 g/mol. The van der Waals surface area contributed by atoms with E-state index in [1.54, 1.807) is 0 Å². The van der Waals surface area contributed by atoms with E-state index in [0.717, 1.165) is 11.6 Å². The lowest BCUT2D eigenvalue weighted by atomic mass is 10.3. The Labute approximate surface area is 47.6 Å². The molecule has 4 nitrogen and oxygen atoms in total. The molecule has 1 aliphatic heterocycles. The van der Waals surface area contributed by atoms with Gasteiger partial charge >= 0.3 is 0 Å². The van der Waals surface area contributed by atoms with E-state index in [-0.39, 0.29) is 6.17 Å². The van der Waals surface area contributed by atoms with Crippen LogP contribution in [0.15, 0.2) is 12.3 Å². The Morgan fingerprint density at radius 3 is 2.88 bits per heavy atom. The fraction of sp³-hybridized carbons (Fsp3) is 0.500. The van der Waals surface area contributed by atoms with Gasteiger partial charge in [-0.15, -0.1) is 0 Å². The molecule has 0 saturated carbocycles. The average molecular weight is 115 g/mol. The first-order valence-electron chi connectivity index (χ1n) is 2.42. The van der Waals surface area contributed by atoms with E-state index in [0.29, 0.717) is 0 Å². The molecule has 1 aliphatic rings. The van der Waals surface area contributed by atoms with Gasteiger partial charge < -0.3 is 10.6 Å². The smallest absolute Gasteiger partial charge is 0.112 e. The molecule has 8 heavy (non-hydrogen) atoms. The third-order valence-electron chi connectivity index (χ3n) is 0.983. The van der Waals surface area contributed by atoms with Crippen LogP contribution in [0, 0.1) is 0 Å². The van der Waals surface area contributed by atoms with E-state index in [4.69, 9.17) is 16.4 Å². The minimum Gasteiger partial charge on any atom is -0.398 e. The molecule has 46 valence electrons. The Morgan fingerprint density at radius 1 is 1.75 bits per heavy atom. The SMILES string of the molecule is NC1CC=CON1N. The fourth-order valence-electron chi connectivity index (χ4n) is 0.490. The quantitative estimate of drug-likeness (QED) is 0.409. The van der Waals surface area contributed by atoms with Crippen molar-refractivity contribution in [2.75, 3.05) is 0 Å². The van der Waals surface area contributed by atoms with Gasteiger partial charge in [-0.05, 0) is 6.08 Å². The number of hydrogen-bond acceptors (Lipinski definition) is 4. The van der Waals surface area contributed by atoms with Crippen LogP contribution in [0.2, 0.25) is 0 Å². The Kier molecular flexibility index (Phi) is 1.48. The van der Waals surface area contributed by atoms with E-state index >= 15 is 0 Å². The van der Waals surface area contributed by atoms with Crippen LogP contribution in [0.1, 0.15) is 6.42 Å². The molecule has 1 unspecified atom stereocenters. The van der Waals surface area contributed by atoms with Crippen molar-refractivity contribution in [3.63, 3.8) is 0 Å². The van der Waals surface area contributed by atoms with Crippen LogP contribution in [0.25, 0.3) is 0 Å². The third kappa shape index (κ3) is 0.975. The summed E-state index contributed by atoms with van der Waals surface area (Å²) in [5.74, 6) is 5.21. The Bertz CT molecular complexity index is 91.5. The highest BCUT2D eigenvalue weighted by molar-refractivity contribution is 4.80. The highest BCUT2D eigenvalue weighted by atomic mass is 16.7. The number of nitrogens with two attached hydrogens (primary N) is 2. The van der Waals surface area contributed by atoms with Gasteiger partial charge in [0.05, 0.1) is 0 Å². The Hall–Kier alpha value is -0.580. The van der Waals surface area contributed by atoms with Gasteiger partial charge in [-0.2, -0.15) is 0 Å². The summed E-state index contributed by atoms with van der Waals surface area (Å²) in [5, 5.41) is 1.12. The first-order valence-corrected chi connectivity index (χ1v) is 2.42. The van der Waals surface area contributed by atoms with E-state index in [1.807, 2.05) is 6.08 Å². The summed E-state index contributed by atoms with van der Waals surface area (Å²) in [7, 11) is 0. The summed E-state index contributed by atoms with van der Waals surface area (Å²) < 4.78 is 0. The van der Waals surface area contributed by atoms with Gasteiger partial charge in [0, 0.05) is 6.42 Å². The minimum absolute atomic E-state index is 0.194. The highest BCUT2D eigenvalue weighted by Crippen LogP contribution is 2.01. The second-order valence-corrected chi connectivity index (χ2v) is 1.64. The summed E-state index contributed by atoms with van der Waals surface area (Å²) in [6.07, 6.45) is 3.90. The van der Waals surface area contributed by atoms with Gasteiger partial charge in [0.2, 0.25) is 0 Å². The van der Waals surface area contributed by atoms with Crippen molar-refractivity contribution < 1.29 is 4.84 Å². The molecule has 0 aromatic carbocycles. The summed E-state index contributed by atoms with van der Waals surface area (Å²) in [6, 6.07) is 0. The lowest BCUT2D eigenvalue weighted by Crippen LogP contribution is -2.46. The van der Waals surface area contributed by atoms with Crippen molar-refractivity contribution in [3.8, 4) is 0 Å². The zero-order valence-electron chi connectivity index (χ0n) is 4.45. The van der Waals surface area contributed by atoms with E-state index in [9.17, 15) is 0 Å². The zero-order valence-corrected chi connectivity index (χ0v) is 4.45. The standard InChI is InChI=1S/C4H9N3O/c5-4-2-1-3-8-7(4)6/h1,3-4H,2,5-6H2. The average Bonchev–Trinajstić information content (AvgIpc) is 1.77. The van der Waals surface area contributed by atoms with Crippen molar-refractivity contribution >= 4 is 0 Å². The molecule has 0 aromatic rings. The van der Waals surface area contributed by atoms with Crippen LogP contribution in [0.5, 0.6) is 0 Å². The predicted octanol–water partition coefficient (Wildman–Crippen LogP) is -0.704. The molecule has 0 aliphatic carbocycles. The highest BCUT2D eigenvalue weighted by Gasteiger charge is 2.11. The summed E-state index contributed by atoms with van der Waals surface area (Å²) in [6.45, 7) is 0. The topological polar surface area (TPSA) is 64.5 Å². The number of hydroxylamine groups is 1.